The van der Waals surface area contributed by atoms with Crippen LogP contribution in [0.4, 0.5) is 0 Å². The first-order chi connectivity index (χ1) is 18.2. The van der Waals surface area contributed by atoms with Crippen molar-refractivity contribution in [1.29, 1.82) is 0 Å². The lowest BCUT2D eigenvalue weighted by atomic mass is 9.92. The topological polar surface area (TPSA) is 149 Å². The molecule has 0 saturated carbocycles. The average molecular weight is 506 g/mol. The Hall–Kier alpha value is -5.68. The highest BCUT2D eigenvalue weighted by atomic mass is 16.4. The highest BCUT2D eigenvalue weighted by Gasteiger charge is 2.22. The fourth-order valence-electron chi connectivity index (χ4n) is 3.95. The van der Waals surface area contributed by atoms with E-state index in [1.807, 2.05) is 0 Å². The minimum absolute atomic E-state index is 0.329. The molecular formula is C30H18O8. The van der Waals surface area contributed by atoms with E-state index in [2.05, 4.69) is 11.8 Å². The number of aromatic carboxylic acids is 4. The van der Waals surface area contributed by atoms with Gasteiger partial charge in [0.25, 0.3) is 0 Å². The van der Waals surface area contributed by atoms with Crippen molar-refractivity contribution >= 4 is 23.9 Å². The summed E-state index contributed by atoms with van der Waals surface area (Å²) in [5.41, 5.74) is -0.654. The van der Waals surface area contributed by atoms with Gasteiger partial charge in [-0.3, -0.25) is 0 Å². The molecule has 4 aromatic carbocycles. The van der Waals surface area contributed by atoms with E-state index in [1.165, 1.54) is 24.3 Å². The van der Waals surface area contributed by atoms with Gasteiger partial charge in [0.1, 0.15) is 0 Å². The highest BCUT2D eigenvalue weighted by Crippen LogP contribution is 2.28. The van der Waals surface area contributed by atoms with Crippen LogP contribution in [-0.4, -0.2) is 44.3 Å². The lowest BCUT2D eigenvalue weighted by Crippen LogP contribution is -2.10. The summed E-state index contributed by atoms with van der Waals surface area (Å²) >= 11 is 0. The van der Waals surface area contributed by atoms with Gasteiger partial charge in [-0.2, -0.15) is 0 Å². The van der Waals surface area contributed by atoms with Crippen LogP contribution in [-0.2, 0) is 0 Å². The first-order valence-corrected chi connectivity index (χ1v) is 11.1. The molecule has 186 valence electrons. The molecule has 0 radical (unpaired) electrons. The third kappa shape index (κ3) is 5.12. The molecule has 0 amide bonds. The van der Waals surface area contributed by atoms with Crippen LogP contribution in [0.25, 0.3) is 22.3 Å². The second-order valence-electron chi connectivity index (χ2n) is 8.10. The molecule has 4 aromatic rings. The number of carboxylic acids is 4. The number of benzene rings is 4. The van der Waals surface area contributed by atoms with Gasteiger partial charge in [-0.15, -0.1) is 0 Å². The summed E-state index contributed by atoms with van der Waals surface area (Å²) in [7, 11) is 0. The van der Waals surface area contributed by atoms with E-state index in [-0.39, 0.29) is 11.1 Å². The normalized spacial score (nSPS) is 10.2. The van der Waals surface area contributed by atoms with Crippen molar-refractivity contribution in [3.63, 3.8) is 0 Å². The zero-order valence-corrected chi connectivity index (χ0v) is 19.5. The maximum atomic E-state index is 12.1. The maximum Gasteiger partial charge on any atom is 0.337 e. The van der Waals surface area contributed by atoms with E-state index in [0.717, 1.165) is 0 Å². The Balaban J connectivity index is 1.98. The molecule has 0 aliphatic rings. The Bertz CT molecular complexity index is 1470. The molecule has 0 saturated heterocycles. The molecule has 0 bridgehead atoms. The first kappa shape index (κ1) is 25.4. The first-order valence-electron chi connectivity index (χ1n) is 11.1. The molecule has 0 unspecified atom stereocenters. The molecular weight excluding hydrogens is 488 g/mol. The lowest BCUT2D eigenvalue weighted by Gasteiger charge is -2.11. The van der Waals surface area contributed by atoms with Crippen molar-refractivity contribution in [3.05, 3.63) is 118 Å². The molecule has 0 spiro atoms. The van der Waals surface area contributed by atoms with Crippen LogP contribution < -0.4 is 0 Å². The summed E-state index contributed by atoms with van der Waals surface area (Å²) in [6, 6.07) is 22.2. The summed E-state index contributed by atoms with van der Waals surface area (Å²) in [4.78, 5) is 48.4. The highest BCUT2D eigenvalue weighted by molar-refractivity contribution is 6.02. The fourth-order valence-corrected chi connectivity index (χ4v) is 3.95. The summed E-state index contributed by atoms with van der Waals surface area (Å²) in [6.45, 7) is 0. The Labute approximate surface area is 216 Å². The van der Waals surface area contributed by atoms with Gasteiger partial charge in [-0.25, -0.2) is 19.2 Å². The molecule has 4 N–H and O–H groups in total. The number of rotatable bonds is 6. The monoisotopic (exact) mass is 506 g/mol. The van der Waals surface area contributed by atoms with Crippen LogP contribution in [0.1, 0.15) is 52.6 Å². The van der Waals surface area contributed by atoms with Crippen LogP contribution in [0, 0.1) is 11.8 Å². The van der Waals surface area contributed by atoms with Crippen molar-refractivity contribution in [2.45, 2.75) is 0 Å². The molecule has 38 heavy (non-hydrogen) atoms. The second kappa shape index (κ2) is 10.5. The van der Waals surface area contributed by atoms with Gasteiger partial charge in [0.2, 0.25) is 0 Å². The van der Waals surface area contributed by atoms with E-state index in [1.54, 1.807) is 60.7 Å². The summed E-state index contributed by atoms with van der Waals surface area (Å²) in [6.07, 6.45) is 0. The summed E-state index contributed by atoms with van der Waals surface area (Å²) in [5, 5.41) is 39.4. The second-order valence-corrected chi connectivity index (χ2v) is 8.10. The molecule has 0 heterocycles. The quantitative estimate of drug-likeness (QED) is 0.260. The number of hydrogen-bond acceptors (Lipinski definition) is 4. The Morgan fingerprint density at radius 1 is 0.421 bits per heavy atom. The predicted molar refractivity (Wildman–Crippen MR) is 138 cm³/mol. The molecule has 0 aromatic heterocycles. The van der Waals surface area contributed by atoms with Gasteiger partial charge < -0.3 is 20.4 Å². The van der Waals surface area contributed by atoms with Crippen LogP contribution >= 0.6 is 0 Å². The van der Waals surface area contributed by atoms with Crippen LogP contribution in [0.2, 0.25) is 0 Å². The van der Waals surface area contributed by atoms with E-state index < -0.39 is 46.1 Å². The number of hydrogen-bond donors (Lipinski definition) is 4. The molecule has 0 atom stereocenters. The van der Waals surface area contributed by atoms with Gasteiger partial charge in [0, 0.05) is 0 Å². The number of carbonyl (C=O) groups is 4. The fraction of sp³-hybridized carbons (Fsp3) is 0. The molecule has 8 heteroatoms. The maximum absolute atomic E-state index is 12.1. The number of carboxylic acid groups (broad SMARTS) is 4. The third-order valence-electron chi connectivity index (χ3n) is 5.73. The lowest BCUT2D eigenvalue weighted by molar-refractivity contribution is 0.0675. The Morgan fingerprint density at radius 2 is 0.684 bits per heavy atom. The van der Waals surface area contributed by atoms with E-state index in [4.69, 9.17) is 0 Å². The van der Waals surface area contributed by atoms with Crippen LogP contribution in [0.5, 0.6) is 0 Å². The minimum Gasteiger partial charge on any atom is -0.478 e. The van der Waals surface area contributed by atoms with Gasteiger partial charge in [-0.1, -0.05) is 72.5 Å². The molecule has 4 rings (SSSR count). The molecule has 0 fully saturated rings. The summed E-state index contributed by atoms with van der Waals surface area (Å²) in [5.74, 6) is -0.909. The average Bonchev–Trinajstić information content (AvgIpc) is 2.91. The molecule has 0 aliphatic carbocycles. The van der Waals surface area contributed by atoms with Crippen molar-refractivity contribution < 1.29 is 39.6 Å². The largest absolute Gasteiger partial charge is 0.478 e. The standard InChI is InChI=1S/C30H18O8/c31-27(32)23-13-19(17-7-3-1-4-8-17)14-24(28(33)34)21(23)11-12-22-25(29(35)36)15-20(16-26(22)30(37)38)18-9-5-2-6-10-18/h1-10,13-16H,(H,31,32)(H,33,34)(H,35,36)(H,37,38). The van der Waals surface area contributed by atoms with Crippen molar-refractivity contribution in [3.8, 4) is 34.1 Å². The predicted octanol–water partition coefficient (Wildman–Crippen LogP) is 5.21. The molecule has 8 nitrogen and oxygen atoms in total. The zero-order chi connectivity index (χ0) is 27.4. The minimum atomic E-state index is -1.45. The zero-order valence-electron chi connectivity index (χ0n) is 19.5. The third-order valence-corrected chi connectivity index (χ3v) is 5.73. The Kier molecular flexibility index (Phi) is 7.03. The van der Waals surface area contributed by atoms with Crippen molar-refractivity contribution in [2.24, 2.45) is 0 Å². The molecule has 0 aliphatic heterocycles. The van der Waals surface area contributed by atoms with Crippen molar-refractivity contribution in [2.75, 3.05) is 0 Å². The smallest absolute Gasteiger partial charge is 0.337 e. The van der Waals surface area contributed by atoms with E-state index in [9.17, 15) is 39.6 Å². The van der Waals surface area contributed by atoms with E-state index in [0.29, 0.717) is 22.3 Å². The Morgan fingerprint density at radius 3 is 0.921 bits per heavy atom. The summed E-state index contributed by atoms with van der Waals surface area (Å²) < 4.78 is 0. The van der Waals surface area contributed by atoms with Crippen LogP contribution in [0.3, 0.4) is 0 Å². The van der Waals surface area contributed by atoms with Gasteiger partial charge in [0.15, 0.2) is 0 Å². The van der Waals surface area contributed by atoms with Crippen LogP contribution in [0.15, 0.2) is 84.9 Å². The van der Waals surface area contributed by atoms with Crippen molar-refractivity contribution in [1.82, 2.24) is 0 Å². The van der Waals surface area contributed by atoms with Gasteiger partial charge in [-0.05, 0) is 46.5 Å². The van der Waals surface area contributed by atoms with Gasteiger partial charge in [0.05, 0.1) is 33.4 Å². The SMILES string of the molecule is O=C(O)c1cc(-c2ccccc2)cc(C(=O)O)c1C#Cc1c(C(=O)O)cc(-c2ccccc2)cc1C(=O)O. The van der Waals surface area contributed by atoms with Gasteiger partial charge >= 0.3 is 23.9 Å². The van der Waals surface area contributed by atoms with E-state index >= 15 is 0 Å².